The van der Waals surface area contributed by atoms with Crippen molar-refractivity contribution in [2.45, 2.75) is 4.90 Å². The molecule has 7 nitrogen and oxygen atoms in total. The summed E-state index contributed by atoms with van der Waals surface area (Å²) in [6, 6.07) is 3.65. The Morgan fingerprint density at radius 1 is 1.35 bits per heavy atom. The molecule has 2 aromatic heterocycles. The molecule has 0 radical (unpaired) electrons. The number of hydrogen-bond donors (Lipinski definition) is 1. The Kier molecular flexibility index (Phi) is 5.04. The highest BCUT2D eigenvalue weighted by molar-refractivity contribution is 7.84. The lowest BCUT2D eigenvalue weighted by atomic mass is 10.4. The molecule has 0 saturated carbocycles. The predicted molar refractivity (Wildman–Crippen MR) is 89.9 cm³/mol. The number of halogens is 1. The summed E-state index contributed by atoms with van der Waals surface area (Å²) in [7, 11) is -1.32. The van der Waals surface area contributed by atoms with Crippen molar-refractivity contribution in [1.29, 1.82) is 0 Å². The smallest absolute Gasteiger partial charge is 0.228 e. The quantitative estimate of drug-likeness (QED) is 0.840. The second-order valence-electron chi connectivity index (χ2n) is 4.91. The summed E-state index contributed by atoms with van der Waals surface area (Å²) in [4.78, 5) is 15.2. The van der Waals surface area contributed by atoms with E-state index < -0.39 is 10.8 Å². The van der Waals surface area contributed by atoms with Crippen molar-refractivity contribution in [2.75, 3.05) is 42.8 Å². The average molecular weight is 354 g/mol. The van der Waals surface area contributed by atoms with Gasteiger partial charge in [0.25, 0.3) is 0 Å². The van der Waals surface area contributed by atoms with E-state index in [1.807, 2.05) is 11.0 Å². The van der Waals surface area contributed by atoms with Crippen LogP contribution < -0.4 is 10.2 Å². The van der Waals surface area contributed by atoms with Crippen LogP contribution in [0, 0.1) is 0 Å². The Bertz CT molecular complexity index is 710. The Morgan fingerprint density at radius 3 is 2.78 bits per heavy atom. The molecule has 0 aliphatic carbocycles. The van der Waals surface area contributed by atoms with E-state index in [-0.39, 0.29) is 5.15 Å². The molecule has 1 atom stereocenters. The second-order valence-corrected chi connectivity index (χ2v) is 6.59. The van der Waals surface area contributed by atoms with Crippen LogP contribution in [0.25, 0.3) is 0 Å². The van der Waals surface area contributed by atoms with E-state index in [0.717, 1.165) is 5.69 Å². The van der Waals surface area contributed by atoms with Gasteiger partial charge in [0.1, 0.15) is 4.90 Å². The van der Waals surface area contributed by atoms with E-state index in [2.05, 4.69) is 20.3 Å². The van der Waals surface area contributed by atoms with Gasteiger partial charge in [-0.3, -0.25) is 9.19 Å². The summed E-state index contributed by atoms with van der Waals surface area (Å²) in [5.74, 6) is 0.930. The molecule has 9 heteroatoms. The number of morpholine rings is 1. The summed E-state index contributed by atoms with van der Waals surface area (Å²) in [5.41, 5.74) is 0.738. The van der Waals surface area contributed by atoms with E-state index in [1.165, 1.54) is 0 Å². The minimum Gasteiger partial charge on any atom is -0.378 e. The van der Waals surface area contributed by atoms with Crippen molar-refractivity contribution < 1.29 is 8.95 Å². The van der Waals surface area contributed by atoms with Gasteiger partial charge in [-0.15, -0.1) is 0 Å². The molecule has 1 saturated heterocycles. The standard InChI is InChI=1S/C14H16ClN5O2S/c1-23(21)11-12(15)18-14(20-5-7-22-8-6-20)19-13(11)17-10-3-2-4-16-9-10/h2-4,9H,5-8H2,1H3,(H,17,18,19). The molecular weight excluding hydrogens is 338 g/mol. The molecule has 122 valence electrons. The van der Waals surface area contributed by atoms with Gasteiger partial charge >= 0.3 is 0 Å². The summed E-state index contributed by atoms with van der Waals surface area (Å²) in [6.45, 7) is 2.62. The number of rotatable bonds is 4. The van der Waals surface area contributed by atoms with Gasteiger partial charge in [-0.05, 0) is 12.1 Å². The molecule has 0 amide bonds. The molecule has 1 aliphatic heterocycles. The summed E-state index contributed by atoms with van der Waals surface area (Å²) >= 11 is 6.26. The largest absolute Gasteiger partial charge is 0.378 e. The van der Waals surface area contributed by atoms with Crippen molar-refractivity contribution in [3.63, 3.8) is 0 Å². The van der Waals surface area contributed by atoms with Crippen LogP contribution >= 0.6 is 11.6 Å². The van der Waals surface area contributed by atoms with Crippen LogP contribution in [0.3, 0.4) is 0 Å². The Labute approximate surface area is 141 Å². The average Bonchev–Trinajstić information content (AvgIpc) is 2.56. The highest BCUT2D eigenvalue weighted by atomic mass is 35.5. The molecule has 0 bridgehead atoms. The second kappa shape index (κ2) is 7.20. The number of hydrogen-bond acceptors (Lipinski definition) is 7. The minimum atomic E-state index is -1.32. The highest BCUT2D eigenvalue weighted by Crippen LogP contribution is 2.29. The van der Waals surface area contributed by atoms with Crippen molar-refractivity contribution in [2.24, 2.45) is 0 Å². The zero-order chi connectivity index (χ0) is 16.2. The minimum absolute atomic E-state index is 0.189. The van der Waals surface area contributed by atoms with Crippen LogP contribution in [-0.2, 0) is 15.5 Å². The van der Waals surface area contributed by atoms with Crippen molar-refractivity contribution in [1.82, 2.24) is 15.0 Å². The summed E-state index contributed by atoms with van der Waals surface area (Å²) in [6.07, 6.45) is 4.89. The fraction of sp³-hybridized carbons (Fsp3) is 0.357. The highest BCUT2D eigenvalue weighted by Gasteiger charge is 2.21. The molecule has 1 N–H and O–H groups in total. The molecule has 1 aliphatic rings. The first-order valence-electron chi connectivity index (χ1n) is 7.06. The Balaban J connectivity index is 1.99. The monoisotopic (exact) mass is 353 g/mol. The molecule has 1 unspecified atom stereocenters. The molecule has 23 heavy (non-hydrogen) atoms. The van der Waals surface area contributed by atoms with Crippen LogP contribution in [-0.4, -0.2) is 51.7 Å². The molecule has 3 heterocycles. The SMILES string of the molecule is CS(=O)c1c(Cl)nc(N2CCOCC2)nc1Nc1cccnc1. The van der Waals surface area contributed by atoms with E-state index >= 15 is 0 Å². The van der Waals surface area contributed by atoms with E-state index in [1.54, 1.807) is 24.7 Å². The van der Waals surface area contributed by atoms with Crippen molar-refractivity contribution in [3.05, 3.63) is 29.7 Å². The van der Waals surface area contributed by atoms with Crippen LogP contribution in [0.4, 0.5) is 17.5 Å². The normalized spacial score (nSPS) is 16.2. The van der Waals surface area contributed by atoms with E-state index in [9.17, 15) is 4.21 Å². The lowest BCUT2D eigenvalue weighted by Crippen LogP contribution is -2.37. The molecule has 0 aromatic carbocycles. The van der Waals surface area contributed by atoms with Gasteiger partial charge in [-0.2, -0.15) is 9.97 Å². The van der Waals surface area contributed by atoms with Crippen LogP contribution in [0.2, 0.25) is 5.15 Å². The zero-order valence-electron chi connectivity index (χ0n) is 12.5. The zero-order valence-corrected chi connectivity index (χ0v) is 14.1. The predicted octanol–water partition coefficient (Wildman–Crippen LogP) is 1.84. The van der Waals surface area contributed by atoms with Gasteiger partial charge < -0.3 is 15.0 Å². The Morgan fingerprint density at radius 2 is 2.13 bits per heavy atom. The number of ether oxygens (including phenoxy) is 1. The fourth-order valence-corrected chi connectivity index (χ4v) is 3.37. The van der Waals surface area contributed by atoms with E-state index in [4.69, 9.17) is 16.3 Å². The van der Waals surface area contributed by atoms with Gasteiger partial charge in [-0.1, -0.05) is 11.6 Å². The van der Waals surface area contributed by atoms with Crippen LogP contribution in [0.15, 0.2) is 29.4 Å². The van der Waals surface area contributed by atoms with E-state index in [0.29, 0.717) is 43.0 Å². The summed E-state index contributed by atoms with van der Waals surface area (Å²) in [5, 5.41) is 3.31. The lowest BCUT2D eigenvalue weighted by Gasteiger charge is -2.27. The van der Waals surface area contributed by atoms with Crippen LogP contribution in [0.1, 0.15) is 0 Å². The number of aromatic nitrogens is 3. The van der Waals surface area contributed by atoms with Gasteiger partial charge in [-0.25, -0.2) is 0 Å². The van der Waals surface area contributed by atoms with Gasteiger partial charge in [0.05, 0.1) is 35.9 Å². The maximum Gasteiger partial charge on any atom is 0.228 e. The molecule has 2 aromatic rings. The summed E-state index contributed by atoms with van der Waals surface area (Å²) < 4.78 is 17.4. The topological polar surface area (TPSA) is 80.2 Å². The number of anilines is 3. The van der Waals surface area contributed by atoms with Crippen molar-refractivity contribution in [3.8, 4) is 0 Å². The first kappa shape index (κ1) is 16.1. The van der Waals surface area contributed by atoms with Crippen molar-refractivity contribution >= 4 is 39.9 Å². The molecular formula is C14H16ClN5O2S. The van der Waals surface area contributed by atoms with Gasteiger partial charge in [0, 0.05) is 25.5 Å². The first-order chi connectivity index (χ1) is 11.1. The van der Waals surface area contributed by atoms with Gasteiger partial charge in [0.15, 0.2) is 11.0 Å². The maximum absolute atomic E-state index is 12.0. The Hall–Kier alpha value is -1.77. The fourth-order valence-electron chi connectivity index (χ4n) is 2.23. The molecule has 1 fully saturated rings. The van der Waals surface area contributed by atoms with Gasteiger partial charge in [0.2, 0.25) is 5.95 Å². The third-order valence-corrected chi connectivity index (χ3v) is 4.67. The lowest BCUT2D eigenvalue weighted by molar-refractivity contribution is 0.122. The number of pyridine rings is 1. The third kappa shape index (κ3) is 3.77. The third-order valence-electron chi connectivity index (χ3n) is 3.32. The number of nitrogens with zero attached hydrogens (tertiary/aromatic N) is 4. The maximum atomic E-state index is 12.0. The first-order valence-corrected chi connectivity index (χ1v) is 8.99. The van der Waals surface area contributed by atoms with Crippen LogP contribution in [0.5, 0.6) is 0 Å². The number of nitrogens with one attached hydrogen (secondary N) is 1. The molecule has 0 spiro atoms. The molecule has 3 rings (SSSR count).